The molecule has 0 aromatic carbocycles. The number of likely N-dealkylation sites (N-methyl/N-ethyl adjacent to an activating group) is 1. The zero-order valence-electron chi connectivity index (χ0n) is 9.20. The highest BCUT2D eigenvalue weighted by Crippen LogP contribution is 2.24. The van der Waals surface area contributed by atoms with E-state index in [1.54, 1.807) is 13.8 Å². The number of anilines is 1. The summed E-state index contributed by atoms with van der Waals surface area (Å²) in [6.45, 7) is 3.27. The molecule has 0 radical (unpaired) electrons. The quantitative estimate of drug-likeness (QED) is 0.724. The van der Waals surface area contributed by atoms with E-state index in [1.165, 1.54) is 7.05 Å². The summed E-state index contributed by atoms with van der Waals surface area (Å²) in [4.78, 5) is 22.2. The van der Waals surface area contributed by atoms with Crippen LogP contribution in [0.1, 0.15) is 23.0 Å². The van der Waals surface area contributed by atoms with Crippen LogP contribution in [0.2, 0.25) is 0 Å². The van der Waals surface area contributed by atoms with E-state index in [9.17, 15) is 9.59 Å². The van der Waals surface area contributed by atoms with Gasteiger partial charge in [-0.3, -0.25) is 4.79 Å². The van der Waals surface area contributed by atoms with Crippen molar-refractivity contribution in [1.82, 2.24) is 9.69 Å². The van der Waals surface area contributed by atoms with Crippen molar-refractivity contribution in [2.45, 2.75) is 19.9 Å². The molecule has 0 bridgehead atoms. The number of carboxylic acid groups (broad SMARTS) is 1. The van der Waals surface area contributed by atoms with Gasteiger partial charge in [0, 0.05) is 7.05 Å². The van der Waals surface area contributed by atoms with Gasteiger partial charge in [0.05, 0.1) is 5.69 Å². The summed E-state index contributed by atoms with van der Waals surface area (Å²) in [5, 5.41) is 14.7. The molecule has 0 spiro atoms. The lowest BCUT2D eigenvalue weighted by molar-refractivity contribution is -0.121. The summed E-state index contributed by atoms with van der Waals surface area (Å²) in [6.07, 6.45) is 0. The molecule has 6 nitrogen and oxygen atoms in total. The fourth-order valence-corrected chi connectivity index (χ4v) is 2.07. The van der Waals surface area contributed by atoms with E-state index in [-0.39, 0.29) is 11.5 Å². The number of carboxylic acids is 1. The maximum Gasteiger partial charge on any atom is 0.340 e. The first kappa shape index (κ1) is 12.4. The smallest absolute Gasteiger partial charge is 0.340 e. The topological polar surface area (TPSA) is 91.3 Å². The highest BCUT2D eigenvalue weighted by atomic mass is 32.1. The molecule has 0 aliphatic carbocycles. The first-order valence-corrected chi connectivity index (χ1v) is 5.42. The van der Waals surface area contributed by atoms with Crippen LogP contribution in [0.25, 0.3) is 0 Å². The number of aromatic nitrogens is 1. The van der Waals surface area contributed by atoms with Gasteiger partial charge in [0.2, 0.25) is 5.91 Å². The molecule has 16 heavy (non-hydrogen) atoms. The van der Waals surface area contributed by atoms with Gasteiger partial charge in [0.15, 0.2) is 0 Å². The van der Waals surface area contributed by atoms with Crippen LogP contribution in [0.15, 0.2) is 0 Å². The van der Waals surface area contributed by atoms with E-state index in [0.29, 0.717) is 10.7 Å². The van der Waals surface area contributed by atoms with Crippen molar-refractivity contribution in [2.75, 3.05) is 12.4 Å². The van der Waals surface area contributed by atoms with Crippen LogP contribution >= 0.6 is 11.5 Å². The minimum atomic E-state index is -1.04. The van der Waals surface area contributed by atoms with Crippen molar-refractivity contribution in [3.63, 3.8) is 0 Å². The normalized spacial score (nSPS) is 11.9. The molecule has 0 saturated carbocycles. The van der Waals surface area contributed by atoms with Crippen LogP contribution in [0.5, 0.6) is 0 Å². The molecule has 0 aliphatic rings. The Balaban J connectivity index is 2.89. The molecule has 3 N–H and O–H groups in total. The van der Waals surface area contributed by atoms with Crippen LogP contribution < -0.4 is 10.6 Å². The van der Waals surface area contributed by atoms with Gasteiger partial charge >= 0.3 is 5.97 Å². The summed E-state index contributed by atoms with van der Waals surface area (Å²) >= 11 is 1.04. The maximum atomic E-state index is 11.3. The zero-order chi connectivity index (χ0) is 12.3. The number of aryl methyl sites for hydroxylation is 1. The molecule has 1 aromatic heterocycles. The van der Waals surface area contributed by atoms with Crippen molar-refractivity contribution in [1.29, 1.82) is 0 Å². The fourth-order valence-electron chi connectivity index (χ4n) is 1.20. The Morgan fingerprint density at radius 3 is 2.62 bits per heavy atom. The second-order valence-electron chi connectivity index (χ2n) is 3.26. The Morgan fingerprint density at radius 2 is 2.12 bits per heavy atom. The van der Waals surface area contributed by atoms with Gasteiger partial charge in [-0.2, -0.15) is 4.37 Å². The highest BCUT2D eigenvalue weighted by Gasteiger charge is 2.20. The van der Waals surface area contributed by atoms with Gasteiger partial charge in [0.25, 0.3) is 0 Å². The van der Waals surface area contributed by atoms with Gasteiger partial charge in [-0.25, -0.2) is 4.79 Å². The molecular formula is C9H13N3O3S. The number of aromatic carboxylic acids is 1. The average molecular weight is 243 g/mol. The molecular weight excluding hydrogens is 230 g/mol. The largest absolute Gasteiger partial charge is 0.478 e. The number of nitrogens with zero attached hydrogens (tertiary/aromatic N) is 1. The van der Waals surface area contributed by atoms with Gasteiger partial charge in [0.1, 0.15) is 16.6 Å². The number of amides is 1. The van der Waals surface area contributed by atoms with E-state index in [1.807, 2.05) is 0 Å². The van der Waals surface area contributed by atoms with E-state index >= 15 is 0 Å². The lowest BCUT2D eigenvalue weighted by Crippen LogP contribution is -2.35. The molecule has 88 valence electrons. The van der Waals surface area contributed by atoms with Crippen LogP contribution in [0.4, 0.5) is 5.00 Å². The standard InChI is InChI=1S/C9H13N3O3S/c1-4-6(9(14)15)8(16-12-4)11-5(2)7(13)10-3/h5,11H,1-3H3,(H,10,13)(H,14,15). The van der Waals surface area contributed by atoms with Crippen LogP contribution in [-0.2, 0) is 4.79 Å². The molecule has 0 aliphatic heterocycles. The number of hydrogen-bond donors (Lipinski definition) is 3. The Labute approximate surface area is 96.8 Å². The Bertz CT molecular complexity index is 416. The predicted octanol–water partition coefficient (Wildman–Crippen LogP) is 0.696. The van der Waals surface area contributed by atoms with E-state index in [0.717, 1.165) is 11.5 Å². The maximum absolute atomic E-state index is 11.3. The van der Waals surface area contributed by atoms with Crippen LogP contribution in [0, 0.1) is 6.92 Å². The summed E-state index contributed by atoms with van der Waals surface area (Å²) in [7, 11) is 1.52. The molecule has 1 atom stereocenters. The molecule has 7 heteroatoms. The number of rotatable bonds is 4. The molecule has 0 saturated heterocycles. The molecule has 1 amide bonds. The zero-order valence-corrected chi connectivity index (χ0v) is 10.0. The molecule has 1 rings (SSSR count). The summed E-state index contributed by atoms with van der Waals surface area (Å²) in [5.74, 6) is -1.25. The monoisotopic (exact) mass is 243 g/mol. The predicted molar refractivity (Wildman–Crippen MR) is 61.0 cm³/mol. The Hall–Kier alpha value is -1.63. The van der Waals surface area contributed by atoms with Crippen LogP contribution in [0.3, 0.4) is 0 Å². The van der Waals surface area contributed by atoms with Crippen molar-refractivity contribution >= 4 is 28.4 Å². The third-order valence-electron chi connectivity index (χ3n) is 2.06. The molecule has 1 aromatic rings. The van der Waals surface area contributed by atoms with Gasteiger partial charge in [-0.1, -0.05) is 0 Å². The summed E-state index contributed by atoms with van der Waals surface area (Å²) in [5.41, 5.74) is 0.574. The third kappa shape index (κ3) is 2.48. The second kappa shape index (κ2) is 4.93. The number of carbonyl (C=O) groups is 2. The summed E-state index contributed by atoms with van der Waals surface area (Å²) < 4.78 is 3.94. The first-order valence-electron chi connectivity index (χ1n) is 4.65. The number of nitrogens with one attached hydrogen (secondary N) is 2. The molecule has 1 heterocycles. The van der Waals surface area contributed by atoms with Crippen molar-refractivity contribution in [3.8, 4) is 0 Å². The van der Waals surface area contributed by atoms with Gasteiger partial charge in [-0.15, -0.1) is 0 Å². The van der Waals surface area contributed by atoms with E-state index in [2.05, 4.69) is 15.0 Å². The lowest BCUT2D eigenvalue weighted by Gasteiger charge is -2.12. The SMILES string of the molecule is CNC(=O)C(C)Nc1snc(C)c1C(=O)O. The third-order valence-corrected chi connectivity index (χ3v) is 2.93. The lowest BCUT2D eigenvalue weighted by atomic mass is 10.2. The van der Waals surface area contributed by atoms with E-state index < -0.39 is 12.0 Å². The minimum absolute atomic E-state index is 0.126. The fraction of sp³-hybridized carbons (Fsp3) is 0.444. The number of hydrogen-bond acceptors (Lipinski definition) is 5. The minimum Gasteiger partial charge on any atom is -0.478 e. The van der Waals surface area contributed by atoms with Crippen molar-refractivity contribution in [3.05, 3.63) is 11.3 Å². The van der Waals surface area contributed by atoms with E-state index in [4.69, 9.17) is 5.11 Å². The first-order chi connectivity index (χ1) is 7.47. The highest BCUT2D eigenvalue weighted by molar-refractivity contribution is 7.10. The Morgan fingerprint density at radius 1 is 1.50 bits per heavy atom. The van der Waals surface area contributed by atoms with Crippen LogP contribution in [-0.4, -0.2) is 34.4 Å². The van der Waals surface area contributed by atoms with Crippen molar-refractivity contribution in [2.24, 2.45) is 0 Å². The summed E-state index contributed by atoms with van der Waals surface area (Å²) in [6, 6.07) is -0.497. The average Bonchev–Trinajstić information content (AvgIpc) is 2.58. The molecule has 0 fully saturated rings. The number of carbonyl (C=O) groups excluding carboxylic acids is 1. The Kier molecular flexibility index (Phi) is 3.83. The second-order valence-corrected chi connectivity index (χ2v) is 4.03. The van der Waals surface area contributed by atoms with Crippen molar-refractivity contribution < 1.29 is 14.7 Å². The van der Waals surface area contributed by atoms with Gasteiger partial charge in [-0.05, 0) is 25.4 Å². The van der Waals surface area contributed by atoms with Gasteiger partial charge < -0.3 is 15.7 Å². The molecule has 1 unspecified atom stereocenters.